The summed E-state index contributed by atoms with van der Waals surface area (Å²) in [5.41, 5.74) is 1.20. The molecule has 1 fully saturated rings. The van der Waals surface area contributed by atoms with Gasteiger partial charge in [0.15, 0.2) is 5.13 Å². The van der Waals surface area contributed by atoms with Crippen LogP contribution in [0.2, 0.25) is 0 Å². The van der Waals surface area contributed by atoms with Gasteiger partial charge in [0.05, 0.1) is 11.6 Å². The molecule has 4 rings (SSSR count). The number of rotatable bonds is 3. The molecule has 28 heavy (non-hydrogen) atoms. The lowest BCUT2D eigenvalue weighted by Gasteiger charge is -2.23. The predicted molar refractivity (Wildman–Crippen MR) is 115 cm³/mol. The molecule has 1 unspecified atom stereocenters. The lowest BCUT2D eigenvalue weighted by Crippen LogP contribution is -2.29. The first-order valence-corrected chi connectivity index (χ1v) is 10.7. The van der Waals surface area contributed by atoms with Crippen LogP contribution < -0.4 is 4.90 Å². The standard InChI is InChI=1S/C20H12Br2N2O3S/c21-13-6-4-11(5-7-13)17(25)15-16(12-2-1-3-14(22)10-12)24(19(27)18(15)26)20-23-8-9-28-20/h1-10,16,25H/b17-15-. The van der Waals surface area contributed by atoms with Gasteiger partial charge in [0.1, 0.15) is 5.76 Å². The van der Waals surface area contributed by atoms with E-state index in [-0.39, 0.29) is 11.3 Å². The molecule has 0 spiro atoms. The normalized spacial score (nSPS) is 18.6. The van der Waals surface area contributed by atoms with Gasteiger partial charge in [-0.15, -0.1) is 11.3 Å². The molecule has 2 aromatic carbocycles. The number of aromatic nitrogens is 1. The summed E-state index contributed by atoms with van der Waals surface area (Å²) in [6.45, 7) is 0. The summed E-state index contributed by atoms with van der Waals surface area (Å²) in [7, 11) is 0. The maximum absolute atomic E-state index is 12.9. The third-order valence-corrected chi connectivity index (χ3v) is 6.14. The number of benzene rings is 2. The third-order valence-electron chi connectivity index (χ3n) is 4.35. The molecular weight excluding hydrogens is 508 g/mol. The van der Waals surface area contributed by atoms with E-state index in [1.807, 2.05) is 24.3 Å². The monoisotopic (exact) mass is 518 g/mol. The fraction of sp³-hybridized carbons (Fsp3) is 0.0500. The number of aliphatic hydroxyl groups is 1. The van der Waals surface area contributed by atoms with Gasteiger partial charge in [-0.1, -0.05) is 56.1 Å². The van der Waals surface area contributed by atoms with E-state index >= 15 is 0 Å². The van der Waals surface area contributed by atoms with Gasteiger partial charge >= 0.3 is 5.91 Å². The van der Waals surface area contributed by atoms with Crippen molar-refractivity contribution in [1.82, 2.24) is 4.98 Å². The number of Topliss-reactive ketones (excluding diaryl/α,β-unsaturated/α-hetero) is 1. The van der Waals surface area contributed by atoms with Crippen LogP contribution in [0.5, 0.6) is 0 Å². The van der Waals surface area contributed by atoms with Gasteiger partial charge in [0.2, 0.25) is 0 Å². The number of nitrogens with zero attached hydrogens (tertiary/aromatic N) is 2. The van der Waals surface area contributed by atoms with Crippen molar-refractivity contribution >= 4 is 65.8 Å². The number of anilines is 1. The molecule has 1 aliphatic rings. The minimum atomic E-state index is -0.771. The molecular formula is C20H12Br2N2O3S. The summed E-state index contributed by atoms with van der Waals surface area (Å²) >= 11 is 8.05. The SMILES string of the molecule is O=C1C(=O)N(c2nccs2)C(c2cccc(Br)c2)/C1=C(/O)c1ccc(Br)cc1. The molecule has 0 aliphatic carbocycles. The number of ketones is 1. The first-order chi connectivity index (χ1) is 13.5. The van der Waals surface area contributed by atoms with Crippen molar-refractivity contribution in [2.75, 3.05) is 4.90 Å². The second-order valence-electron chi connectivity index (χ2n) is 6.05. The van der Waals surface area contributed by atoms with Crippen LogP contribution in [0.15, 0.2) is 74.6 Å². The number of carbonyl (C=O) groups excluding carboxylic acids is 2. The predicted octanol–water partition coefficient (Wildman–Crippen LogP) is 5.29. The summed E-state index contributed by atoms with van der Waals surface area (Å²) in [5, 5.41) is 13.1. The number of amides is 1. The maximum Gasteiger partial charge on any atom is 0.301 e. The van der Waals surface area contributed by atoms with Crippen LogP contribution in [0.3, 0.4) is 0 Å². The molecule has 1 saturated heterocycles. The van der Waals surface area contributed by atoms with Gasteiger partial charge in [-0.3, -0.25) is 14.5 Å². The van der Waals surface area contributed by atoms with Crippen LogP contribution in [0.25, 0.3) is 5.76 Å². The Morgan fingerprint density at radius 2 is 1.82 bits per heavy atom. The topological polar surface area (TPSA) is 70.5 Å². The van der Waals surface area contributed by atoms with E-state index in [0.717, 1.165) is 8.95 Å². The van der Waals surface area contributed by atoms with Crippen molar-refractivity contribution in [3.05, 3.63) is 85.8 Å². The molecule has 140 valence electrons. The summed E-state index contributed by atoms with van der Waals surface area (Å²) in [6, 6.07) is 13.5. The van der Waals surface area contributed by atoms with Gasteiger partial charge in [-0.05, 0) is 29.8 Å². The maximum atomic E-state index is 12.9. The molecule has 1 atom stereocenters. The number of hydrogen-bond donors (Lipinski definition) is 1. The molecule has 8 heteroatoms. The molecule has 0 radical (unpaired) electrons. The van der Waals surface area contributed by atoms with Crippen molar-refractivity contribution in [1.29, 1.82) is 0 Å². The molecule has 1 aromatic heterocycles. The van der Waals surface area contributed by atoms with Crippen LogP contribution in [0.4, 0.5) is 5.13 Å². The van der Waals surface area contributed by atoms with Gasteiger partial charge < -0.3 is 5.11 Å². The quantitative estimate of drug-likeness (QED) is 0.290. The highest BCUT2D eigenvalue weighted by atomic mass is 79.9. The Morgan fingerprint density at radius 3 is 2.46 bits per heavy atom. The first-order valence-electron chi connectivity index (χ1n) is 8.19. The zero-order chi connectivity index (χ0) is 19.8. The number of hydrogen-bond acceptors (Lipinski definition) is 5. The highest BCUT2D eigenvalue weighted by Gasteiger charge is 2.47. The lowest BCUT2D eigenvalue weighted by molar-refractivity contribution is -0.132. The molecule has 0 bridgehead atoms. The zero-order valence-electron chi connectivity index (χ0n) is 14.2. The van der Waals surface area contributed by atoms with Gasteiger partial charge in [-0.2, -0.15) is 0 Å². The van der Waals surface area contributed by atoms with Gasteiger partial charge in [-0.25, -0.2) is 4.98 Å². The van der Waals surface area contributed by atoms with Crippen LogP contribution in [-0.2, 0) is 9.59 Å². The van der Waals surface area contributed by atoms with E-state index < -0.39 is 17.7 Å². The smallest absolute Gasteiger partial charge is 0.301 e. The largest absolute Gasteiger partial charge is 0.507 e. The van der Waals surface area contributed by atoms with Crippen molar-refractivity contribution in [3.8, 4) is 0 Å². The summed E-state index contributed by atoms with van der Waals surface area (Å²) in [6.07, 6.45) is 1.58. The van der Waals surface area contributed by atoms with E-state index in [0.29, 0.717) is 16.3 Å². The van der Waals surface area contributed by atoms with E-state index in [1.54, 1.807) is 35.8 Å². The van der Waals surface area contributed by atoms with Crippen LogP contribution in [0, 0.1) is 0 Å². The summed E-state index contributed by atoms with van der Waals surface area (Å²) in [5.74, 6) is -1.66. The van der Waals surface area contributed by atoms with E-state index in [9.17, 15) is 14.7 Å². The Morgan fingerprint density at radius 1 is 1.07 bits per heavy atom. The second kappa shape index (κ2) is 7.62. The second-order valence-corrected chi connectivity index (χ2v) is 8.75. The molecule has 1 aliphatic heterocycles. The number of halogens is 2. The Kier molecular flexibility index (Phi) is 5.18. The van der Waals surface area contributed by atoms with E-state index in [2.05, 4.69) is 36.8 Å². The molecule has 1 N–H and O–H groups in total. The Bertz CT molecular complexity index is 1090. The lowest BCUT2D eigenvalue weighted by atomic mass is 9.95. The van der Waals surface area contributed by atoms with Gasteiger partial charge in [0, 0.05) is 26.1 Å². The summed E-state index contributed by atoms with van der Waals surface area (Å²) < 4.78 is 1.65. The van der Waals surface area contributed by atoms with Crippen molar-refractivity contribution in [2.24, 2.45) is 0 Å². The molecule has 0 saturated carbocycles. The van der Waals surface area contributed by atoms with Crippen LogP contribution >= 0.6 is 43.2 Å². The number of aliphatic hydroxyl groups excluding tert-OH is 1. The summed E-state index contributed by atoms with van der Waals surface area (Å²) in [4.78, 5) is 31.3. The minimum absolute atomic E-state index is 0.0422. The molecule has 2 heterocycles. The highest BCUT2D eigenvalue weighted by Crippen LogP contribution is 2.43. The average Bonchev–Trinajstić information content (AvgIpc) is 3.29. The van der Waals surface area contributed by atoms with Crippen LogP contribution in [-0.4, -0.2) is 21.8 Å². The molecule has 1 amide bonds. The van der Waals surface area contributed by atoms with E-state index in [1.165, 1.54) is 16.2 Å². The Labute approximate surface area is 181 Å². The van der Waals surface area contributed by atoms with Crippen molar-refractivity contribution < 1.29 is 14.7 Å². The Balaban J connectivity index is 1.95. The fourth-order valence-electron chi connectivity index (χ4n) is 3.12. The van der Waals surface area contributed by atoms with Crippen molar-refractivity contribution in [2.45, 2.75) is 6.04 Å². The first kappa shape index (κ1) is 19.0. The van der Waals surface area contributed by atoms with Gasteiger partial charge in [0.25, 0.3) is 5.78 Å². The minimum Gasteiger partial charge on any atom is -0.507 e. The van der Waals surface area contributed by atoms with Crippen molar-refractivity contribution in [3.63, 3.8) is 0 Å². The fourth-order valence-corrected chi connectivity index (χ4v) is 4.47. The van der Waals surface area contributed by atoms with E-state index in [4.69, 9.17) is 0 Å². The Hall–Kier alpha value is -2.29. The average molecular weight is 520 g/mol. The van der Waals surface area contributed by atoms with Crippen LogP contribution in [0.1, 0.15) is 17.2 Å². The zero-order valence-corrected chi connectivity index (χ0v) is 18.2. The number of thiazole rings is 1. The number of carbonyl (C=O) groups is 2. The molecule has 5 nitrogen and oxygen atoms in total. The molecule has 3 aromatic rings. The third kappa shape index (κ3) is 3.32. The highest BCUT2D eigenvalue weighted by molar-refractivity contribution is 9.10.